The molecule has 5 atom stereocenters. The van der Waals surface area contributed by atoms with Crippen molar-refractivity contribution in [3.8, 4) is 28.4 Å². The minimum Gasteiger partial charge on any atom is -0.463 e. The Bertz CT molecular complexity index is 1780. The first-order valence-corrected chi connectivity index (χ1v) is 14.8. The maximum Gasteiger partial charge on any atom is 0.303 e. The van der Waals surface area contributed by atoms with E-state index in [1.807, 2.05) is 6.92 Å². The van der Waals surface area contributed by atoms with Gasteiger partial charge in [0.05, 0.1) is 10.9 Å². The highest BCUT2D eigenvalue weighted by molar-refractivity contribution is 5.85. The monoisotopic (exact) mass is 654 g/mol. The average molecular weight is 655 g/mol. The molecular formula is C33H34O14. The van der Waals surface area contributed by atoms with Crippen LogP contribution in [0.3, 0.4) is 0 Å². The minimum atomic E-state index is -1.46. The highest BCUT2D eigenvalue weighted by Crippen LogP contribution is 2.38. The highest BCUT2D eigenvalue weighted by atomic mass is 16.7. The van der Waals surface area contributed by atoms with Gasteiger partial charge in [-0.15, -0.1) is 0 Å². The summed E-state index contributed by atoms with van der Waals surface area (Å²) in [7, 11) is 0. The number of fused-ring (bicyclic) bond motifs is 2. The van der Waals surface area contributed by atoms with E-state index in [0.717, 1.165) is 20.8 Å². The van der Waals surface area contributed by atoms with Crippen molar-refractivity contribution in [2.24, 2.45) is 0 Å². The van der Waals surface area contributed by atoms with E-state index in [1.54, 1.807) is 31.2 Å². The first-order chi connectivity index (χ1) is 22.4. The molecule has 47 heavy (non-hydrogen) atoms. The van der Waals surface area contributed by atoms with Gasteiger partial charge in [-0.05, 0) is 42.7 Å². The molecule has 0 bridgehead atoms. The number of aryl methyl sites for hydroxylation is 2. The van der Waals surface area contributed by atoms with Crippen LogP contribution in [0.1, 0.15) is 45.9 Å². The lowest BCUT2D eigenvalue weighted by molar-refractivity contribution is -0.288. The summed E-state index contributed by atoms with van der Waals surface area (Å²) in [5.74, 6) is -1.30. The summed E-state index contributed by atoms with van der Waals surface area (Å²) in [5.41, 5.74) is 1.44. The molecule has 1 aromatic heterocycles. The molecule has 1 fully saturated rings. The van der Waals surface area contributed by atoms with Gasteiger partial charge in [-0.1, -0.05) is 13.0 Å². The number of carbonyl (C=O) groups is 4. The van der Waals surface area contributed by atoms with Crippen LogP contribution in [0.15, 0.2) is 39.5 Å². The predicted molar refractivity (Wildman–Crippen MR) is 161 cm³/mol. The average Bonchev–Trinajstić information content (AvgIpc) is 3.46. The first-order valence-electron chi connectivity index (χ1n) is 14.8. The van der Waals surface area contributed by atoms with Crippen molar-refractivity contribution >= 4 is 34.8 Å². The molecule has 0 aliphatic carbocycles. The summed E-state index contributed by atoms with van der Waals surface area (Å²) in [5, 5.41) is 0.286. The number of ether oxygens (including phenoxy) is 8. The van der Waals surface area contributed by atoms with Gasteiger partial charge in [-0.25, -0.2) is 0 Å². The van der Waals surface area contributed by atoms with Gasteiger partial charge in [0.2, 0.25) is 24.6 Å². The van der Waals surface area contributed by atoms with Crippen molar-refractivity contribution in [1.29, 1.82) is 0 Å². The smallest absolute Gasteiger partial charge is 0.303 e. The van der Waals surface area contributed by atoms with Crippen LogP contribution in [0.4, 0.5) is 0 Å². The lowest BCUT2D eigenvalue weighted by atomic mass is 9.97. The number of hydrogen-bond acceptors (Lipinski definition) is 14. The van der Waals surface area contributed by atoms with Crippen molar-refractivity contribution < 1.29 is 61.5 Å². The Labute approximate surface area is 268 Å². The van der Waals surface area contributed by atoms with Crippen molar-refractivity contribution in [3.05, 3.63) is 51.9 Å². The molecular weight excluding hydrogens is 620 g/mol. The van der Waals surface area contributed by atoms with E-state index < -0.39 is 61.2 Å². The van der Waals surface area contributed by atoms with E-state index in [0.29, 0.717) is 40.4 Å². The molecule has 2 aliphatic rings. The molecule has 3 aromatic rings. The van der Waals surface area contributed by atoms with Gasteiger partial charge in [0.15, 0.2) is 23.7 Å². The van der Waals surface area contributed by atoms with Crippen LogP contribution in [0.25, 0.3) is 22.1 Å². The number of esters is 4. The minimum absolute atomic E-state index is 0.0896. The van der Waals surface area contributed by atoms with Crippen molar-refractivity contribution in [2.45, 2.75) is 78.7 Å². The zero-order valence-electron chi connectivity index (χ0n) is 26.6. The zero-order chi connectivity index (χ0) is 34.0. The fraction of sp³-hybridized carbons (Fsp3) is 0.424. The van der Waals surface area contributed by atoms with E-state index in [2.05, 4.69) is 0 Å². The number of benzene rings is 2. The van der Waals surface area contributed by atoms with Gasteiger partial charge in [-0.2, -0.15) is 0 Å². The highest BCUT2D eigenvalue weighted by Gasteiger charge is 2.53. The summed E-state index contributed by atoms with van der Waals surface area (Å²) < 4.78 is 50.9. The third kappa shape index (κ3) is 7.17. The molecule has 2 aromatic carbocycles. The van der Waals surface area contributed by atoms with Crippen LogP contribution in [-0.4, -0.2) is 68.0 Å². The molecule has 1 saturated heterocycles. The van der Waals surface area contributed by atoms with Gasteiger partial charge < -0.3 is 42.3 Å². The third-order valence-electron chi connectivity index (χ3n) is 7.48. The lowest BCUT2D eigenvalue weighted by Crippen LogP contribution is -2.63. The van der Waals surface area contributed by atoms with Crippen LogP contribution in [0.2, 0.25) is 0 Å². The Morgan fingerprint density at radius 1 is 0.830 bits per heavy atom. The van der Waals surface area contributed by atoms with Crippen molar-refractivity contribution in [3.63, 3.8) is 0 Å². The third-order valence-corrected chi connectivity index (χ3v) is 7.48. The quantitative estimate of drug-likeness (QED) is 0.242. The molecule has 5 rings (SSSR count). The maximum absolute atomic E-state index is 13.8. The maximum atomic E-state index is 13.8. The van der Waals surface area contributed by atoms with E-state index in [4.69, 9.17) is 42.3 Å². The normalized spacial score (nSPS) is 21.5. The first kappa shape index (κ1) is 33.3. The second-order valence-corrected chi connectivity index (χ2v) is 10.9. The Morgan fingerprint density at radius 2 is 1.49 bits per heavy atom. The molecule has 0 N–H and O–H groups in total. The Morgan fingerprint density at radius 3 is 2.15 bits per heavy atom. The Kier molecular flexibility index (Phi) is 9.70. The van der Waals surface area contributed by atoms with E-state index >= 15 is 0 Å². The topological polar surface area (TPSA) is 172 Å². The van der Waals surface area contributed by atoms with Crippen LogP contribution in [0, 0.1) is 6.92 Å². The summed E-state index contributed by atoms with van der Waals surface area (Å²) >= 11 is 0. The van der Waals surface area contributed by atoms with Crippen molar-refractivity contribution in [1.82, 2.24) is 0 Å². The molecule has 14 heteroatoms. The zero-order valence-corrected chi connectivity index (χ0v) is 26.6. The molecule has 0 unspecified atom stereocenters. The summed E-state index contributed by atoms with van der Waals surface area (Å²) in [6.45, 7) is 7.76. The van der Waals surface area contributed by atoms with Gasteiger partial charge in [0.1, 0.15) is 29.8 Å². The molecule has 0 saturated carbocycles. The predicted octanol–water partition coefficient (Wildman–Crippen LogP) is 3.52. The summed E-state index contributed by atoms with van der Waals surface area (Å²) in [4.78, 5) is 62.0. The Hall–Kier alpha value is -5.11. The van der Waals surface area contributed by atoms with E-state index in [1.165, 1.54) is 13.0 Å². The molecule has 14 nitrogen and oxygen atoms in total. The van der Waals surface area contributed by atoms with Crippen LogP contribution >= 0.6 is 0 Å². The number of rotatable bonds is 9. The van der Waals surface area contributed by atoms with Gasteiger partial charge in [0, 0.05) is 33.8 Å². The Balaban J connectivity index is 1.56. The van der Waals surface area contributed by atoms with Crippen molar-refractivity contribution in [2.75, 3.05) is 13.4 Å². The molecule has 0 radical (unpaired) electrons. The number of carbonyl (C=O) groups excluding carboxylic acids is 4. The number of hydrogen-bond donors (Lipinski definition) is 0. The fourth-order valence-electron chi connectivity index (χ4n) is 5.56. The van der Waals surface area contributed by atoms with Gasteiger partial charge in [-0.3, -0.25) is 24.0 Å². The summed E-state index contributed by atoms with van der Waals surface area (Å²) in [6, 6.07) is 8.35. The standard InChI is InChI=1S/C33H34O14/c1-7-20-10-22-25(42-15(2)28(29(22)38)21-8-9-23-26(11-21)41-14-40-23)12-24(20)46-33-32(45-19(6)37)31(44-18(5)36)30(43-17(4)35)27(47-33)13-39-16(3)34/h8-12,27,30-33H,7,13-14H2,1-6H3/t27-,30+,31+,32+,33-/m1/s1. The van der Waals surface area contributed by atoms with Gasteiger partial charge in [0.25, 0.3) is 0 Å². The van der Waals surface area contributed by atoms with E-state index in [9.17, 15) is 24.0 Å². The van der Waals surface area contributed by atoms with Crippen LogP contribution < -0.4 is 19.6 Å². The van der Waals surface area contributed by atoms with E-state index in [-0.39, 0.29) is 28.9 Å². The van der Waals surface area contributed by atoms with Gasteiger partial charge >= 0.3 is 23.9 Å². The largest absolute Gasteiger partial charge is 0.463 e. The van der Waals surface area contributed by atoms with Crippen LogP contribution in [-0.2, 0) is 49.3 Å². The van der Waals surface area contributed by atoms with Crippen LogP contribution in [0.5, 0.6) is 17.2 Å². The molecule has 0 spiro atoms. The molecule has 0 amide bonds. The SMILES string of the molecule is CCc1cc2c(=O)c(-c3ccc4c(c3)OCO4)c(C)oc2cc1O[C@@H]1O[C@H](COC(C)=O)[C@H](OC(C)=O)[C@H](OC(C)=O)[C@@H]1OC(C)=O. The fourth-order valence-corrected chi connectivity index (χ4v) is 5.56. The second-order valence-electron chi connectivity index (χ2n) is 10.9. The summed E-state index contributed by atoms with van der Waals surface area (Å²) in [6.07, 6.45) is -6.44. The molecule has 2 aliphatic heterocycles. The molecule has 250 valence electrons. The lowest BCUT2D eigenvalue weighted by Gasteiger charge is -2.44. The molecule has 3 heterocycles. The second kappa shape index (κ2) is 13.7.